The molecule has 3 rings (SSSR count). The fourth-order valence-corrected chi connectivity index (χ4v) is 2.66. The van der Waals surface area contributed by atoms with Gasteiger partial charge in [0.2, 0.25) is 0 Å². The van der Waals surface area contributed by atoms with E-state index in [1.807, 2.05) is 62.5 Å². The predicted octanol–water partition coefficient (Wildman–Crippen LogP) is 3.30. The summed E-state index contributed by atoms with van der Waals surface area (Å²) < 4.78 is 1.79. The second-order valence-corrected chi connectivity index (χ2v) is 5.47. The summed E-state index contributed by atoms with van der Waals surface area (Å²) in [6.45, 7) is 2.04. The molecule has 0 radical (unpaired) electrons. The summed E-state index contributed by atoms with van der Waals surface area (Å²) in [7, 11) is 1.88. The average molecular weight is 308 g/mol. The van der Waals surface area contributed by atoms with E-state index in [4.69, 9.17) is 0 Å². The van der Waals surface area contributed by atoms with Crippen LogP contribution in [0.1, 0.15) is 35.6 Å². The van der Waals surface area contributed by atoms with Crippen molar-refractivity contribution >= 4 is 5.91 Å². The van der Waals surface area contributed by atoms with Gasteiger partial charge < -0.3 is 10.3 Å². The third kappa shape index (κ3) is 3.18. The zero-order valence-electron chi connectivity index (χ0n) is 13.3. The number of aryl methyl sites for hydroxylation is 1. The molecule has 5 heteroatoms. The van der Waals surface area contributed by atoms with Crippen LogP contribution in [0.5, 0.6) is 0 Å². The normalized spacial score (nSPS) is 12.1. The molecule has 1 amide bonds. The lowest BCUT2D eigenvalue weighted by atomic mass is 10.1. The summed E-state index contributed by atoms with van der Waals surface area (Å²) in [5.41, 5.74) is 3.55. The number of amides is 1. The summed E-state index contributed by atoms with van der Waals surface area (Å²) in [5, 5.41) is 7.23. The van der Waals surface area contributed by atoms with E-state index in [0.717, 1.165) is 23.4 Å². The minimum Gasteiger partial charge on any atom is -0.351 e. The van der Waals surface area contributed by atoms with E-state index >= 15 is 0 Å². The fourth-order valence-electron chi connectivity index (χ4n) is 2.66. The van der Waals surface area contributed by atoms with E-state index in [1.54, 1.807) is 10.9 Å². The van der Waals surface area contributed by atoms with E-state index in [0.29, 0.717) is 5.69 Å². The molecule has 0 saturated heterocycles. The Balaban J connectivity index is 1.76. The van der Waals surface area contributed by atoms with E-state index in [-0.39, 0.29) is 11.9 Å². The monoisotopic (exact) mass is 308 g/mol. The molecule has 0 unspecified atom stereocenters. The molecule has 23 heavy (non-hydrogen) atoms. The molecule has 2 N–H and O–H groups in total. The lowest BCUT2D eigenvalue weighted by Gasteiger charge is -2.16. The molecule has 0 bridgehead atoms. The first-order valence-electron chi connectivity index (χ1n) is 7.72. The van der Waals surface area contributed by atoms with Crippen LogP contribution in [0.15, 0.2) is 54.7 Å². The molecule has 5 nitrogen and oxygen atoms in total. The Morgan fingerprint density at radius 1 is 1.22 bits per heavy atom. The van der Waals surface area contributed by atoms with Gasteiger partial charge in [-0.15, -0.1) is 0 Å². The number of nitrogens with zero attached hydrogens (tertiary/aromatic N) is 2. The van der Waals surface area contributed by atoms with Crippen molar-refractivity contribution in [2.75, 3.05) is 0 Å². The minimum atomic E-state index is -0.111. The second-order valence-electron chi connectivity index (χ2n) is 5.47. The number of nitrogens with one attached hydrogen (secondary N) is 2. The molecule has 3 aromatic rings. The van der Waals surface area contributed by atoms with Crippen molar-refractivity contribution in [1.29, 1.82) is 0 Å². The van der Waals surface area contributed by atoms with Crippen LogP contribution in [0.3, 0.4) is 0 Å². The van der Waals surface area contributed by atoms with Crippen molar-refractivity contribution in [2.45, 2.75) is 19.4 Å². The first kappa shape index (κ1) is 15.1. The highest BCUT2D eigenvalue weighted by molar-refractivity contribution is 5.93. The van der Waals surface area contributed by atoms with E-state index in [2.05, 4.69) is 15.4 Å². The van der Waals surface area contributed by atoms with Crippen LogP contribution in [0, 0.1) is 0 Å². The number of aromatic nitrogens is 3. The van der Waals surface area contributed by atoms with Crippen LogP contribution in [-0.4, -0.2) is 20.7 Å². The Hall–Kier alpha value is -2.82. The Kier molecular flexibility index (Phi) is 4.28. The molecule has 0 spiro atoms. The van der Waals surface area contributed by atoms with Crippen LogP contribution in [0.2, 0.25) is 0 Å². The van der Waals surface area contributed by atoms with Crippen molar-refractivity contribution in [3.05, 3.63) is 66.1 Å². The van der Waals surface area contributed by atoms with Crippen LogP contribution >= 0.6 is 0 Å². The zero-order chi connectivity index (χ0) is 16.2. The smallest absolute Gasteiger partial charge is 0.268 e. The van der Waals surface area contributed by atoms with Crippen LogP contribution in [0.25, 0.3) is 11.3 Å². The van der Waals surface area contributed by atoms with E-state index in [1.165, 1.54) is 0 Å². The Morgan fingerprint density at radius 2 is 2.00 bits per heavy atom. The standard InChI is InChI=1S/C18H20N4O/c1-3-14(17-11-12-19-22(17)2)21-18(23)16-10-9-15(20-16)13-7-5-4-6-8-13/h4-12,14,20H,3H2,1-2H3,(H,21,23)/t14-/m1/s1. The predicted molar refractivity (Wildman–Crippen MR) is 89.9 cm³/mol. The van der Waals surface area contributed by atoms with Gasteiger partial charge in [0.05, 0.1) is 11.7 Å². The molecule has 1 atom stereocenters. The third-order valence-electron chi connectivity index (χ3n) is 3.94. The molecule has 0 aliphatic rings. The minimum absolute atomic E-state index is 0.0570. The Labute approximate surface area is 135 Å². The van der Waals surface area contributed by atoms with Crippen molar-refractivity contribution in [1.82, 2.24) is 20.1 Å². The number of carbonyl (C=O) groups excluding carboxylic acids is 1. The summed E-state index contributed by atoms with van der Waals surface area (Å²) in [6.07, 6.45) is 2.55. The van der Waals surface area contributed by atoms with Gasteiger partial charge in [-0.05, 0) is 30.2 Å². The summed E-state index contributed by atoms with van der Waals surface area (Å²) in [4.78, 5) is 15.7. The summed E-state index contributed by atoms with van der Waals surface area (Å²) >= 11 is 0. The summed E-state index contributed by atoms with van der Waals surface area (Å²) in [6, 6.07) is 15.6. The van der Waals surface area contributed by atoms with Gasteiger partial charge in [-0.3, -0.25) is 9.48 Å². The Bertz CT molecular complexity index is 788. The number of benzene rings is 1. The van der Waals surface area contributed by atoms with E-state index in [9.17, 15) is 4.79 Å². The van der Waals surface area contributed by atoms with Crippen LogP contribution in [-0.2, 0) is 7.05 Å². The van der Waals surface area contributed by atoms with Crippen molar-refractivity contribution < 1.29 is 4.79 Å². The van der Waals surface area contributed by atoms with Gasteiger partial charge in [0.15, 0.2) is 0 Å². The highest BCUT2D eigenvalue weighted by atomic mass is 16.1. The highest BCUT2D eigenvalue weighted by Gasteiger charge is 2.17. The quantitative estimate of drug-likeness (QED) is 0.759. The van der Waals surface area contributed by atoms with Gasteiger partial charge in [0.1, 0.15) is 5.69 Å². The number of H-pyrrole nitrogens is 1. The van der Waals surface area contributed by atoms with Crippen LogP contribution < -0.4 is 5.32 Å². The highest BCUT2D eigenvalue weighted by Crippen LogP contribution is 2.19. The van der Waals surface area contributed by atoms with Gasteiger partial charge in [-0.25, -0.2) is 0 Å². The maximum absolute atomic E-state index is 12.5. The van der Waals surface area contributed by atoms with Gasteiger partial charge in [0.25, 0.3) is 5.91 Å². The molecule has 2 heterocycles. The zero-order valence-corrected chi connectivity index (χ0v) is 13.3. The molecule has 1 aromatic carbocycles. The van der Waals surface area contributed by atoms with Gasteiger partial charge in [-0.1, -0.05) is 37.3 Å². The Morgan fingerprint density at radius 3 is 2.65 bits per heavy atom. The topological polar surface area (TPSA) is 62.7 Å². The maximum atomic E-state index is 12.5. The van der Waals surface area contributed by atoms with Crippen molar-refractivity contribution in [3.8, 4) is 11.3 Å². The second kappa shape index (κ2) is 6.52. The molecule has 118 valence electrons. The van der Waals surface area contributed by atoms with Gasteiger partial charge in [0, 0.05) is 18.9 Å². The molecule has 2 aromatic heterocycles. The third-order valence-corrected chi connectivity index (χ3v) is 3.94. The van der Waals surface area contributed by atoms with Crippen LogP contribution in [0.4, 0.5) is 0 Å². The van der Waals surface area contributed by atoms with Gasteiger partial charge in [-0.2, -0.15) is 5.10 Å². The number of hydrogen-bond acceptors (Lipinski definition) is 2. The molecular formula is C18H20N4O. The lowest BCUT2D eigenvalue weighted by Crippen LogP contribution is -2.29. The lowest BCUT2D eigenvalue weighted by molar-refractivity contribution is 0.0929. The molecule has 0 fully saturated rings. The van der Waals surface area contributed by atoms with E-state index < -0.39 is 0 Å². The molecule has 0 aliphatic heterocycles. The average Bonchev–Trinajstić information content (AvgIpc) is 3.22. The first-order valence-corrected chi connectivity index (χ1v) is 7.72. The van der Waals surface area contributed by atoms with Gasteiger partial charge >= 0.3 is 0 Å². The maximum Gasteiger partial charge on any atom is 0.268 e. The van der Waals surface area contributed by atoms with Crippen molar-refractivity contribution in [2.24, 2.45) is 7.05 Å². The summed E-state index contributed by atoms with van der Waals surface area (Å²) in [5.74, 6) is -0.111. The fraction of sp³-hybridized carbons (Fsp3) is 0.222. The number of aromatic amines is 1. The van der Waals surface area contributed by atoms with Crippen molar-refractivity contribution in [3.63, 3.8) is 0 Å². The number of rotatable bonds is 5. The largest absolute Gasteiger partial charge is 0.351 e. The first-order chi connectivity index (χ1) is 11.2. The number of hydrogen-bond donors (Lipinski definition) is 2. The molecule has 0 aliphatic carbocycles. The molecular weight excluding hydrogens is 288 g/mol. The SMILES string of the molecule is CC[C@@H](NC(=O)c1ccc(-c2ccccc2)[nH]1)c1ccnn1C. The molecule has 0 saturated carbocycles. The number of carbonyl (C=O) groups is 1.